The lowest BCUT2D eigenvalue weighted by Crippen LogP contribution is -2.16. The van der Waals surface area contributed by atoms with Gasteiger partial charge in [-0.25, -0.2) is 0 Å². The summed E-state index contributed by atoms with van der Waals surface area (Å²) >= 11 is 0. The molecule has 2 rings (SSSR count). The minimum atomic E-state index is -0.0207. The van der Waals surface area contributed by atoms with Gasteiger partial charge in [-0.3, -0.25) is 4.68 Å². The van der Waals surface area contributed by atoms with Crippen molar-refractivity contribution >= 4 is 0 Å². The van der Waals surface area contributed by atoms with Crippen LogP contribution in [0.2, 0.25) is 0 Å². The molecule has 0 aliphatic rings. The van der Waals surface area contributed by atoms with E-state index in [1.54, 1.807) is 7.11 Å². The van der Waals surface area contributed by atoms with Gasteiger partial charge in [-0.15, -0.1) is 0 Å². The second-order valence-electron chi connectivity index (χ2n) is 4.88. The summed E-state index contributed by atoms with van der Waals surface area (Å²) in [5.41, 5.74) is 9.76. The highest BCUT2D eigenvalue weighted by atomic mass is 16.5. The van der Waals surface area contributed by atoms with Gasteiger partial charge in [0.05, 0.1) is 12.8 Å². The molecule has 0 aliphatic heterocycles. The molecule has 2 N–H and O–H groups in total. The van der Waals surface area contributed by atoms with E-state index in [0.29, 0.717) is 0 Å². The number of aromatic nitrogens is 2. The Morgan fingerprint density at radius 2 is 1.95 bits per heavy atom. The minimum absolute atomic E-state index is 0.0207. The number of benzene rings is 1. The summed E-state index contributed by atoms with van der Waals surface area (Å²) in [5.74, 6) is 0.854. The topological polar surface area (TPSA) is 53.1 Å². The summed E-state index contributed by atoms with van der Waals surface area (Å²) in [6, 6.07) is 10.1. The Morgan fingerprint density at radius 3 is 2.50 bits per heavy atom. The van der Waals surface area contributed by atoms with Crippen LogP contribution in [-0.2, 0) is 19.4 Å². The summed E-state index contributed by atoms with van der Waals surface area (Å²) < 4.78 is 7.21. The first-order chi connectivity index (χ1) is 9.67. The second kappa shape index (κ2) is 6.57. The van der Waals surface area contributed by atoms with Crippen LogP contribution in [0.5, 0.6) is 5.75 Å². The van der Waals surface area contributed by atoms with Gasteiger partial charge in [0.15, 0.2) is 0 Å². The van der Waals surface area contributed by atoms with Gasteiger partial charge in [-0.05, 0) is 37.1 Å². The smallest absolute Gasteiger partial charge is 0.118 e. The molecule has 0 spiro atoms. The molecule has 1 unspecified atom stereocenters. The Hall–Kier alpha value is -1.81. The van der Waals surface area contributed by atoms with Crippen LogP contribution < -0.4 is 10.5 Å². The predicted molar refractivity (Wildman–Crippen MR) is 80.9 cm³/mol. The van der Waals surface area contributed by atoms with E-state index in [2.05, 4.69) is 25.0 Å². The number of hydrogen-bond donors (Lipinski definition) is 1. The molecule has 1 aromatic heterocycles. The maximum atomic E-state index is 6.31. The third kappa shape index (κ3) is 3.20. The summed E-state index contributed by atoms with van der Waals surface area (Å²) in [4.78, 5) is 0. The molecule has 4 nitrogen and oxygen atoms in total. The number of methoxy groups -OCH3 is 1. The number of rotatable bonds is 6. The molecule has 108 valence electrons. The van der Waals surface area contributed by atoms with E-state index in [4.69, 9.17) is 10.5 Å². The molecule has 0 aliphatic carbocycles. The van der Waals surface area contributed by atoms with Crippen LogP contribution in [0.15, 0.2) is 30.3 Å². The maximum absolute atomic E-state index is 6.31. The lowest BCUT2D eigenvalue weighted by Gasteiger charge is -2.13. The summed E-state index contributed by atoms with van der Waals surface area (Å²) in [6.45, 7) is 5.11. The Balaban J connectivity index is 2.13. The second-order valence-corrected chi connectivity index (χ2v) is 4.88. The van der Waals surface area contributed by atoms with E-state index in [1.807, 2.05) is 28.9 Å². The highest BCUT2D eigenvalue weighted by Crippen LogP contribution is 2.20. The van der Waals surface area contributed by atoms with Gasteiger partial charge >= 0.3 is 0 Å². The molecular formula is C16H23N3O. The van der Waals surface area contributed by atoms with E-state index >= 15 is 0 Å². The van der Waals surface area contributed by atoms with E-state index in [-0.39, 0.29) is 6.04 Å². The average molecular weight is 273 g/mol. The lowest BCUT2D eigenvalue weighted by molar-refractivity contribution is 0.414. The molecular weight excluding hydrogens is 250 g/mol. The minimum Gasteiger partial charge on any atom is -0.497 e. The van der Waals surface area contributed by atoms with E-state index in [0.717, 1.165) is 36.4 Å². The summed E-state index contributed by atoms with van der Waals surface area (Å²) in [5, 5.41) is 4.56. The van der Waals surface area contributed by atoms with Gasteiger partial charge in [0, 0.05) is 24.7 Å². The number of nitrogens with zero attached hydrogens (tertiary/aromatic N) is 2. The molecule has 1 heterocycles. The Kier molecular flexibility index (Phi) is 4.79. The van der Waals surface area contributed by atoms with E-state index in [9.17, 15) is 0 Å². The van der Waals surface area contributed by atoms with Crippen molar-refractivity contribution in [2.45, 2.75) is 39.3 Å². The molecule has 0 bridgehead atoms. The van der Waals surface area contributed by atoms with Crippen molar-refractivity contribution in [1.29, 1.82) is 0 Å². The van der Waals surface area contributed by atoms with Crippen LogP contribution in [0.4, 0.5) is 0 Å². The van der Waals surface area contributed by atoms with Crippen molar-refractivity contribution in [2.75, 3.05) is 7.11 Å². The molecule has 20 heavy (non-hydrogen) atoms. The number of hydrogen-bond acceptors (Lipinski definition) is 3. The molecule has 0 saturated carbocycles. The molecule has 2 aromatic rings. The van der Waals surface area contributed by atoms with Crippen LogP contribution in [0.1, 0.15) is 36.8 Å². The van der Waals surface area contributed by atoms with Crippen molar-refractivity contribution < 1.29 is 4.74 Å². The standard InChI is InChI=1S/C16H23N3O/c1-4-13-10-14(19(5-2)18-13)11-16(17)12-6-8-15(20-3)9-7-12/h6-10,16H,4-5,11,17H2,1-3H3. The number of aryl methyl sites for hydroxylation is 2. The van der Waals surface area contributed by atoms with Crippen LogP contribution in [0.3, 0.4) is 0 Å². The van der Waals surface area contributed by atoms with Gasteiger partial charge in [0.1, 0.15) is 5.75 Å². The maximum Gasteiger partial charge on any atom is 0.118 e. The zero-order valence-corrected chi connectivity index (χ0v) is 12.5. The average Bonchev–Trinajstić information content (AvgIpc) is 2.89. The van der Waals surface area contributed by atoms with Gasteiger partial charge in [0.25, 0.3) is 0 Å². The predicted octanol–water partition coefficient (Wildman–Crippen LogP) is 2.72. The summed E-state index contributed by atoms with van der Waals surface area (Å²) in [6.07, 6.45) is 1.75. The van der Waals surface area contributed by atoms with Gasteiger partial charge in [-0.2, -0.15) is 5.10 Å². The van der Waals surface area contributed by atoms with E-state index < -0.39 is 0 Å². The Labute approximate surface area is 120 Å². The fourth-order valence-corrected chi connectivity index (χ4v) is 2.32. The monoisotopic (exact) mass is 273 g/mol. The molecule has 0 amide bonds. The first kappa shape index (κ1) is 14.6. The fourth-order valence-electron chi connectivity index (χ4n) is 2.32. The van der Waals surface area contributed by atoms with Crippen LogP contribution in [0, 0.1) is 0 Å². The molecule has 1 aromatic carbocycles. The van der Waals surface area contributed by atoms with Crippen LogP contribution in [-0.4, -0.2) is 16.9 Å². The van der Waals surface area contributed by atoms with Crippen molar-refractivity contribution in [3.8, 4) is 5.75 Å². The van der Waals surface area contributed by atoms with E-state index in [1.165, 1.54) is 5.69 Å². The van der Waals surface area contributed by atoms with Crippen molar-refractivity contribution in [3.05, 3.63) is 47.3 Å². The Bertz CT molecular complexity index is 545. The Morgan fingerprint density at radius 1 is 1.25 bits per heavy atom. The normalized spacial score (nSPS) is 12.4. The zero-order valence-electron chi connectivity index (χ0n) is 12.5. The van der Waals surface area contributed by atoms with Crippen LogP contribution in [0.25, 0.3) is 0 Å². The molecule has 0 saturated heterocycles. The third-order valence-corrected chi connectivity index (χ3v) is 3.55. The van der Waals surface area contributed by atoms with Crippen molar-refractivity contribution in [1.82, 2.24) is 9.78 Å². The molecule has 4 heteroatoms. The van der Waals surface area contributed by atoms with Crippen molar-refractivity contribution in [3.63, 3.8) is 0 Å². The third-order valence-electron chi connectivity index (χ3n) is 3.55. The fraction of sp³-hybridized carbons (Fsp3) is 0.438. The van der Waals surface area contributed by atoms with Crippen molar-refractivity contribution in [2.24, 2.45) is 5.73 Å². The van der Waals surface area contributed by atoms with Gasteiger partial charge < -0.3 is 10.5 Å². The van der Waals surface area contributed by atoms with Gasteiger partial charge in [-0.1, -0.05) is 19.1 Å². The largest absolute Gasteiger partial charge is 0.497 e. The first-order valence-electron chi connectivity index (χ1n) is 7.13. The molecule has 0 radical (unpaired) electrons. The first-order valence-corrected chi connectivity index (χ1v) is 7.13. The zero-order chi connectivity index (χ0) is 14.5. The quantitative estimate of drug-likeness (QED) is 0.880. The number of ether oxygens (including phenoxy) is 1. The summed E-state index contributed by atoms with van der Waals surface area (Å²) in [7, 11) is 1.67. The molecule has 0 fully saturated rings. The molecule has 1 atom stereocenters. The highest BCUT2D eigenvalue weighted by Gasteiger charge is 2.12. The van der Waals surface area contributed by atoms with Crippen LogP contribution >= 0.6 is 0 Å². The van der Waals surface area contributed by atoms with Gasteiger partial charge in [0.2, 0.25) is 0 Å². The number of nitrogens with two attached hydrogens (primary N) is 1. The highest BCUT2D eigenvalue weighted by molar-refractivity contribution is 5.29. The SMILES string of the molecule is CCc1cc(CC(N)c2ccc(OC)cc2)n(CC)n1. The lowest BCUT2D eigenvalue weighted by atomic mass is 10.0.